The molecule has 2 saturated heterocycles. The minimum absolute atomic E-state index is 0.00175. The van der Waals surface area contributed by atoms with Crippen LogP contribution < -0.4 is 9.64 Å². The van der Waals surface area contributed by atoms with Crippen molar-refractivity contribution >= 4 is 28.8 Å². The Morgan fingerprint density at radius 2 is 1.78 bits per heavy atom. The third kappa shape index (κ3) is 6.80. The number of rotatable bonds is 9. The van der Waals surface area contributed by atoms with Crippen molar-refractivity contribution in [1.29, 1.82) is 5.41 Å². The Bertz CT molecular complexity index is 2010. The number of ether oxygens (including phenoxy) is 1. The first-order chi connectivity index (χ1) is 24.5. The lowest BCUT2D eigenvalue weighted by molar-refractivity contribution is -0.132. The van der Waals surface area contributed by atoms with Crippen molar-refractivity contribution in [1.82, 2.24) is 29.5 Å². The van der Waals surface area contributed by atoms with Gasteiger partial charge in [0.2, 0.25) is 17.7 Å². The van der Waals surface area contributed by atoms with Gasteiger partial charge in [0.05, 0.1) is 29.5 Å². The number of hydrogen-bond donors (Lipinski definition) is 1. The van der Waals surface area contributed by atoms with E-state index in [1.54, 1.807) is 42.2 Å². The number of carbonyl (C=O) groups excluding carboxylic acids is 2. The number of amides is 2. The van der Waals surface area contributed by atoms with Crippen LogP contribution >= 0.6 is 0 Å². The van der Waals surface area contributed by atoms with Crippen LogP contribution in [0.25, 0.3) is 17.0 Å². The maximum absolute atomic E-state index is 16.2. The van der Waals surface area contributed by atoms with Gasteiger partial charge in [0.25, 0.3) is 0 Å². The molecule has 3 aliphatic heterocycles. The first-order valence-electron chi connectivity index (χ1n) is 17.5. The molecule has 1 N–H and O–H groups in total. The molecule has 264 valence electrons. The number of aromatic nitrogens is 4. The van der Waals surface area contributed by atoms with E-state index in [0.717, 1.165) is 17.5 Å². The lowest BCUT2D eigenvalue weighted by atomic mass is 9.85. The molecule has 5 heterocycles. The van der Waals surface area contributed by atoms with E-state index in [2.05, 4.69) is 38.2 Å². The quantitative estimate of drug-likeness (QED) is 0.238. The van der Waals surface area contributed by atoms with Gasteiger partial charge in [-0.25, -0.2) is 14.4 Å². The molecule has 4 aromatic rings. The molecule has 1 atom stereocenters. The zero-order valence-corrected chi connectivity index (χ0v) is 29.5. The highest BCUT2D eigenvalue weighted by atomic mass is 19.1. The average molecular weight is 691 g/mol. The second-order valence-corrected chi connectivity index (χ2v) is 14.1. The van der Waals surface area contributed by atoms with Crippen molar-refractivity contribution in [2.75, 3.05) is 44.2 Å². The van der Waals surface area contributed by atoms with E-state index in [1.807, 2.05) is 37.9 Å². The van der Waals surface area contributed by atoms with Crippen molar-refractivity contribution in [3.8, 4) is 17.3 Å². The van der Waals surface area contributed by atoms with Crippen LogP contribution in [0.5, 0.6) is 5.88 Å². The van der Waals surface area contributed by atoms with Crippen LogP contribution in [-0.2, 0) is 16.6 Å². The largest absolute Gasteiger partial charge is 0.475 e. The molecule has 12 heteroatoms. The van der Waals surface area contributed by atoms with Crippen LogP contribution in [0.2, 0.25) is 0 Å². The molecule has 11 nitrogen and oxygen atoms in total. The summed E-state index contributed by atoms with van der Waals surface area (Å²) in [6.07, 6.45) is 7.24. The maximum atomic E-state index is 16.2. The van der Waals surface area contributed by atoms with Crippen molar-refractivity contribution in [2.45, 2.75) is 46.1 Å². The molecule has 0 bridgehead atoms. The molecule has 51 heavy (non-hydrogen) atoms. The molecule has 0 aliphatic carbocycles. The summed E-state index contributed by atoms with van der Waals surface area (Å²) in [7, 11) is 1.84. The summed E-state index contributed by atoms with van der Waals surface area (Å²) >= 11 is 0. The summed E-state index contributed by atoms with van der Waals surface area (Å²) in [6.45, 7) is 8.48. The SMILES string of the molecule is Cc1ccc(N2CC[C@]3(CCN(CC(=O)N4CC=C(c5ccc(-c6ncn(C)n6)cc5)CC4)C3)C2=O)c(F)c1C(=N)c1ccc(OC(C)C)nc1. The monoisotopic (exact) mass is 690 g/mol. The number of carbonyl (C=O) groups is 2. The van der Waals surface area contributed by atoms with E-state index in [9.17, 15) is 9.59 Å². The fraction of sp³-hybridized carbons (Fsp3) is 0.385. The number of likely N-dealkylation sites (tertiary alicyclic amines) is 1. The predicted molar refractivity (Wildman–Crippen MR) is 193 cm³/mol. The molecule has 0 saturated carbocycles. The second-order valence-electron chi connectivity index (χ2n) is 14.1. The van der Waals surface area contributed by atoms with Crippen LogP contribution in [0.1, 0.15) is 55.4 Å². The van der Waals surface area contributed by atoms with Crippen LogP contribution in [0, 0.1) is 23.6 Å². The highest BCUT2D eigenvalue weighted by Gasteiger charge is 2.51. The van der Waals surface area contributed by atoms with Crippen LogP contribution in [-0.4, -0.2) is 92.4 Å². The number of halogens is 1. The summed E-state index contributed by atoms with van der Waals surface area (Å²) < 4.78 is 23.5. The number of aryl methyl sites for hydroxylation is 2. The Labute approximate surface area is 297 Å². The minimum atomic E-state index is -0.659. The second kappa shape index (κ2) is 13.8. The fourth-order valence-electron chi connectivity index (χ4n) is 7.44. The van der Waals surface area contributed by atoms with Crippen LogP contribution in [0.15, 0.2) is 67.1 Å². The highest BCUT2D eigenvalue weighted by molar-refractivity contribution is 6.13. The lowest BCUT2D eigenvalue weighted by Gasteiger charge is -2.29. The van der Waals surface area contributed by atoms with E-state index in [0.29, 0.717) is 68.4 Å². The van der Waals surface area contributed by atoms with E-state index in [4.69, 9.17) is 10.1 Å². The van der Waals surface area contributed by atoms with Gasteiger partial charge in [-0.3, -0.25) is 24.6 Å². The standard InChI is InChI=1S/C39H43FN8O3/c1-25(2)51-32-12-10-30(21-42-32)36(41)34-26(3)5-11-31(35(34)40)48-20-16-39(38(48)50)15-19-46(23-39)22-33(49)47-17-13-28(14-18-47)27-6-8-29(9-7-27)37-43-24-45(4)44-37/h5-13,21,24-25,41H,14-20,22-23H2,1-4H3/t39-/m0/s1. The normalized spacial score (nSPS) is 19.3. The van der Waals surface area contributed by atoms with Gasteiger partial charge in [0.15, 0.2) is 11.6 Å². The summed E-state index contributed by atoms with van der Waals surface area (Å²) in [6, 6.07) is 15.0. The molecule has 7 rings (SSSR count). The molecule has 2 amide bonds. The van der Waals surface area contributed by atoms with Gasteiger partial charge in [-0.2, -0.15) is 5.10 Å². The highest BCUT2D eigenvalue weighted by Crippen LogP contribution is 2.43. The summed E-state index contributed by atoms with van der Waals surface area (Å²) in [4.78, 5) is 41.5. The molecule has 2 aromatic heterocycles. The van der Waals surface area contributed by atoms with Crippen molar-refractivity contribution < 1.29 is 18.7 Å². The van der Waals surface area contributed by atoms with Gasteiger partial charge >= 0.3 is 0 Å². The molecule has 1 spiro atoms. The molecule has 2 fully saturated rings. The predicted octanol–water partition coefficient (Wildman–Crippen LogP) is 5.27. The maximum Gasteiger partial charge on any atom is 0.237 e. The van der Waals surface area contributed by atoms with Crippen molar-refractivity contribution in [2.24, 2.45) is 12.5 Å². The van der Waals surface area contributed by atoms with E-state index in [1.165, 1.54) is 16.7 Å². The zero-order valence-electron chi connectivity index (χ0n) is 29.5. The molecule has 0 radical (unpaired) electrons. The van der Waals surface area contributed by atoms with Gasteiger partial charge in [0, 0.05) is 62.2 Å². The molecular formula is C39H43FN8O3. The number of nitrogens with zero attached hydrogens (tertiary/aromatic N) is 7. The van der Waals surface area contributed by atoms with Gasteiger partial charge in [0.1, 0.15) is 6.33 Å². The van der Waals surface area contributed by atoms with E-state index < -0.39 is 11.2 Å². The van der Waals surface area contributed by atoms with E-state index in [-0.39, 0.29) is 41.4 Å². The number of benzene rings is 2. The number of hydrogen-bond acceptors (Lipinski definition) is 8. The Kier molecular flexibility index (Phi) is 9.28. The smallest absolute Gasteiger partial charge is 0.237 e. The van der Waals surface area contributed by atoms with Crippen LogP contribution in [0.3, 0.4) is 0 Å². The zero-order chi connectivity index (χ0) is 35.9. The van der Waals surface area contributed by atoms with Gasteiger partial charge in [-0.15, -0.1) is 0 Å². The summed E-state index contributed by atoms with van der Waals surface area (Å²) in [5.41, 5.74) is 4.03. The summed E-state index contributed by atoms with van der Waals surface area (Å²) in [5.74, 6) is 0.469. The third-order valence-electron chi connectivity index (χ3n) is 10.2. The number of nitrogens with one attached hydrogen (secondary N) is 1. The first kappa shape index (κ1) is 34.2. The fourth-order valence-corrected chi connectivity index (χ4v) is 7.44. The Balaban J connectivity index is 0.970. The molecular weight excluding hydrogens is 647 g/mol. The minimum Gasteiger partial charge on any atom is -0.475 e. The van der Waals surface area contributed by atoms with Crippen LogP contribution in [0.4, 0.5) is 10.1 Å². The number of pyridine rings is 1. The lowest BCUT2D eigenvalue weighted by Crippen LogP contribution is -2.43. The average Bonchev–Trinajstić information content (AvgIpc) is 3.83. The first-order valence-corrected chi connectivity index (χ1v) is 17.5. The third-order valence-corrected chi connectivity index (χ3v) is 10.2. The Morgan fingerprint density at radius 1 is 1.02 bits per heavy atom. The van der Waals surface area contributed by atoms with Gasteiger partial charge in [-0.05, 0) is 75.4 Å². The molecule has 0 unspecified atom stereocenters. The topological polar surface area (TPSA) is 121 Å². The summed E-state index contributed by atoms with van der Waals surface area (Å²) in [5, 5.41) is 13.2. The number of anilines is 1. The Morgan fingerprint density at radius 3 is 2.45 bits per heavy atom. The van der Waals surface area contributed by atoms with Gasteiger partial charge < -0.3 is 14.5 Å². The van der Waals surface area contributed by atoms with Gasteiger partial charge in [-0.1, -0.05) is 36.4 Å². The molecule has 2 aromatic carbocycles. The van der Waals surface area contributed by atoms with Crippen molar-refractivity contribution in [3.05, 3.63) is 95.2 Å². The van der Waals surface area contributed by atoms with Crippen molar-refractivity contribution in [3.63, 3.8) is 0 Å². The Hall–Kier alpha value is -5.23. The molecule has 3 aliphatic rings. The van der Waals surface area contributed by atoms with E-state index >= 15 is 4.39 Å².